The summed E-state index contributed by atoms with van der Waals surface area (Å²) in [4.78, 5) is 21.1. The normalized spacial score (nSPS) is 21.0. The molecule has 0 aromatic rings. The van der Waals surface area contributed by atoms with E-state index in [1.165, 1.54) is 0 Å². The predicted octanol–water partition coefficient (Wildman–Crippen LogP) is 1.78. The van der Waals surface area contributed by atoms with Gasteiger partial charge < -0.3 is 26.6 Å². The van der Waals surface area contributed by atoms with Gasteiger partial charge >= 0.3 is 12.0 Å². The maximum atomic E-state index is 10.6. The Bertz CT molecular complexity index is 383. The first-order valence-electron chi connectivity index (χ1n) is 7.40. The highest BCUT2D eigenvalue weighted by molar-refractivity contribution is 5.71. The highest BCUT2D eigenvalue weighted by Crippen LogP contribution is 2.28. The van der Waals surface area contributed by atoms with Crippen LogP contribution in [0.15, 0.2) is 12.5 Å². The van der Waals surface area contributed by atoms with Crippen molar-refractivity contribution in [3.05, 3.63) is 12.5 Å². The molecule has 0 bridgehead atoms. The van der Waals surface area contributed by atoms with E-state index in [0.29, 0.717) is 25.3 Å². The molecule has 6 N–H and O–H groups in total. The minimum absolute atomic E-state index is 0.195. The van der Waals surface area contributed by atoms with Gasteiger partial charge in [0.15, 0.2) is 5.88 Å². The summed E-state index contributed by atoms with van der Waals surface area (Å²) in [5.41, 5.74) is 9.90. The molecule has 7 heteroatoms. The lowest BCUT2D eigenvalue weighted by molar-refractivity contribution is -0.143. The number of nitrogens with two attached hydrogens (primary N) is 2. The van der Waals surface area contributed by atoms with E-state index in [1.54, 1.807) is 0 Å². The van der Waals surface area contributed by atoms with E-state index >= 15 is 0 Å². The zero-order valence-electron chi connectivity index (χ0n) is 13.7. The van der Waals surface area contributed by atoms with Crippen molar-refractivity contribution in [2.24, 2.45) is 23.3 Å². The Hall–Kier alpha value is -1.92. The van der Waals surface area contributed by atoms with Crippen LogP contribution in [0.3, 0.4) is 0 Å². The van der Waals surface area contributed by atoms with Gasteiger partial charge in [0.1, 0.15) is 5.60 Å². The second-order valence-electron chi connectivity index (χ2n) is 6.48. The van der Waals surface area contributed by atoms with Crippen molar-refractivity contribution in [3.8, 4) is 0 Å². The van der Waals surface area contributed by atoms with Crippen LogP contribution in [0.1, 0.15) is 46.5 Å². The molecule has 0 heterocycles. The van der Waals surface area contributed by atoms with Gasteiger partial charge in [0, 0.05) is 6.54 Å². The Morgan fingerprint density at radius 2 is 1.73 bits per heavy atom. The number of primary amides is 1. The van der Waals surface area contributed by atoms with Gasteiger partial charge in [-0.2, -0.15) is 0 Å². The molecule has 0 aliphatic heterocycles. The second kappa shape index (κ2) is 9.17. The number of amides is 2. The zero-order chi connectivity index (χ0) is 17.3. The maximum absolute atomic E-state index is 10.6. The number of hydrogen-bond donors (Lipinski definition) is 4. The number of nitrogens with one attached hydrogen (secondary N) is 1. The molecule has 0 spiro atoms. The van der Waals surface area contributed by atoms with E-state index in [9.17, 15) is 9.59 Å². The Morgan fingerprint density at radius 1 is 1.23 bits per heavy atom. The van der Waals surface area contributed by atoms with Gasteiger partial charge in [-0.05, 0) is 59.0 Å². The number of carbonyl (C=O) groups excluding carboxylic acids is 1. The fourth-order valence-electron chi connectivity index (χ4n) is 2.25. The van der Waals surface area contributed by atoms with Crippen molar-refractivity contribution in [3.63, 3.8) is 0 Å². The van der Waals surface area contributed by atoms with Gasteiger partial charge in [0.2, 0.25) is 0 Å². The summed E-state index contributed by atoms with van der Waals surface area (Å²) in [6.45, 7) is 9.73. The fourth-order valence-corrected chi connectivity index (χ4v) is 2.25. The van der Waals surface area contributed by atoms with E-state index in [0.717, 1.165) is 12.8 Å². The molecule has 0 radical (unpaired) electrons. The van der Waals surface area contributed by atoms with Crippen LogP contribution in [0.25, 0.3) is 0 Å². The molecule has 1 aliphatic carbocycles. The molecule has 0 aromatic heterocycles. The monoisotopic (exact) mass is 315 g/mol. The summed E-state index contributed by atoms with van der Waals surface area (Å²) < 4.78 is 5.02. The highest BCUT2D eigenvalue weighted by atomic mass is 16.5. The third-order valence-corrected chi connectivity index (χ3v) is 3.20. The van der Waals surface area contributed by atoms with Crippen LogP contribution in [0, 0.1) is 11.8 Å². The topological polar surface area (TPSA) is 128 Å². The summed E-state index contributed by atoms with van der Waals surface area (Å²) in [5, 5.41) is 11.3. The van der Waals surface area contributed by atoms with Crippen molar-refractivity contribution >= 4 is 12.0 Å². The molecule has 0 unspecified atom stereocenters. The number of urea groups is 1. The average Bonchev–Trinajstić information content (AvgIpc) is 2.34. The maximum Gasteiger partial charge on any atom is 0.312 e. The fraction of sp³-hybridized carbons (Fsp3) is 0.733. The van der Waals surface area contributed by atoms with Gasteiger partial charge in [-0.1, -0.05) is 0 Å². The van der Waals surface area contributed by atoms with Crippen molar-refractivity contribution in [2.45, 2.75) is 52.1 Å². The van der Waals surface area contributed by atoms with Gasteiger partial charge in [-0.3, -0.25) is 4.79 Å². The number of rotatable bonds is 4. The van der Waals surface area contributed by atoms with Crippen LogP contribution < -0.4 is 16.8 Å². The van der Waals surface area contributed by atoms with Crippen LogP contribution in [0.4, 0.5) is 4.79 Å². The molecular formula is C15H29N3O4. The number of ether oxygens (including phenoxy) is 1. The zero-order valence-corrected chi connectivity index (χ0v) is 13.7. The molecule has 0 aromatic carbocycles. The second-order valence-corrected chi connectivity index (χ2v) is 6.48. The third kappa shape index (κ3) is 10.8. The Kier molecular flexibility index (Phi) is 8.37. The summed E-state index contributed by atoms with van der Waals surface area (Å²) in [6.07, 6.45) is 3.13. The van der Waals surface area contributed by atoms with Gasteiger partial charge in [0.25, 0.3) is 0 Å². The van der Waals surface area contributed by atoms with Crippen molar-refractivity contribution in [1.29, 1.82) is 0 Å². The molecule has 1 fully saturated rings. The van der Waals surface area contributed by atoms with E-state index in [2.05, 4.69) is 11.9 Å². The average molecular weight is 315 g/mol. The standard InChI is InChI=1S/C9H16N2O3.C6H13NO/c10-9(14)11-5-6-1-3-7(4-2-6)8(12)13;1-5(7)8-6(2,3)4/h6-7H,1-5H2,(H,12,13)(H3,10,11,14);1,7H2,2-4H3. The van der Waals surface area contributed by atoms with Crippen LogP contribution in [0.5, 0.6) is 0 Å². The lowest BCUT2D eigenvalue weighted by atomic mass is 9.82. The Labute approximate surface area is 132 Å². The molecular weight excluding hydrogens is 286 g/mol. The lowest BCUT2D eigenvalue weighted by Gasteiger charge is -2.25. The largest absolute Gasteiger partial charge is 0.481 e. The minimum atomic E-state index is -0.702. The smallest absolute Gasteiger partial charge is 0.312 e. The summed E-state index contributed by atoms with van der Waals surface area (Å²) >= 11 is 0. The molecule has 1 aliphatic rings. The van der Waals surface area contributed by atoms with Crippen LogP contribution in [-0.2, 0) is 9.53 Å². The summed E-state index contributed by atoms with van der Waals surface area (Å²) in [5.74, 6) is -0.235. The van der Waals surface area contributed by atoms with Gasteiger partial charge in [0.05, 0.1) is 5.92 Å². The van der Waals surface area contributed by atoms with E-state index in [4.69, 9.17) is 21.3 Å². The first-order chi connectivity index (χ1) is 10.0. The minimum Gasteiger partial charge on any atom is -0.481 e. The first kappa shape index (κ1) is 20.1. The molecule has 0 atom stereocenters. The SMILES string of the molecule is C=C(N)OC(C)(C)C.NC(=O)NCC1CCC(C(=O)O)CC1. The molecule has 22 heavy (non-hydrogen) atoms. The van der Waals surface area contributed by atoms with Crippen LogP contribution >= 0.6 is 0 Å². The highest BCUT2D eigenvalue weighted by Gasteiger charge is 2.25. The Morgan fingerprint density at radius 3 is 2.00 bits per heavy atom. The number of carboxylic acids is 1. The summed E-state index contributed by atoms with van der Waals surface area (Å²) in [6, 6.07) is -0.509. The van der Waals surface area contributed by atoms with E-state index in [1.807, 2.05) is 20.8 Å². The molecule has 2 amide bonds. The van der Waals surface area contributed by atoms with Gasteiger partial charge in [-0.15, -0.1) is 0 Å². The lowest BCUT2D eigenvalue weighted by Crippen LogP contribution is -2.35. The predicted molar refractivity (Wildman–Crippen MR) is 84.8 cm³/mol. The first-order valence-corrected chi connectivity index (χ1v) is 7.40. The third-order valence-electron chi connectivity index (χ3n) is 3.20. The van der Waals surface area contributed by atoms with Crippen molar-refractivity contribution in [2.75, 3.05) is 6.54 Å². The summed E-state index contributed by atoms with van der Waals surface area (Å²) in [7, 11) is 0. The number of carboxylic acid groups (broad SMARTS) is 1. The van der Waals surface area contributed by atoms with Crippen LogP contribution in [0.2, 0.25) is 0 Å². The van der Waals surface area contributed by atoms with E-state index < -0.39 is 12.0 Å². The molecule has 1 saturated carbocycles. The van der Waals surface area contributed by atoms with E-state index in [-0.39, 0.29) is 17.4 Å². The Balaban J connectivity index is 0.000000472. The number of aliphatic carboxylic acids is 1. The molecule has 128 valence electrons. The van der Waals surface area contributed by atoms with Crippen LogP contribution in [-0.4, -0.2) is 29.3 Å². The quantitative estimate of drug-likeness (QED) is 0.588. The number of hydrogen-bond acceptors (Lipinski definition) is 4. The van der Waals surface area contributed by atoms with Crippen molar-refractivity contribution < 1.29 is 19.4 Å². The molecule has 1 rings (SSSR count). The molecule has 7 nitrogen and oxygen atoms in total. The van der Waals surface area contributed by atoms with Gasteiger partial charge in [-0.25, -0.2) is 4.79 Å². The van der Waals surface area contributed by atoms with Crippen molar-refractivity contribution in [1.82, 2.24) is 5.32 Å². The number of carbonyl (C=O) groups is 2. The molecule has 0 saturated heterocycles.